The Hall–Kier alpha value is -2.48. The fourth-order valence-corrected chi connectivity index (χ4v) is 3.02. The predicted molar refractivity (Wildman–Crippen MR) is 105 cm³/mol. The Kier molecular flexibility index (Phi) is 6.21. The molecule has 150 valence electrons. The van der Waals surface area contributed by atoms with Crippen molar-refractivity contribution in [2.75, 3.05) is 5.32 Å². The monoisotopic (exact) mass is 460 g/mol. The maximum absolute atomic E-state index is 12.8. The van der Waals surface area contributed by atoms with Crippen molar-refractivity contribution in [2.24, 2.45) is 0 Å². The number of alkyl halides is 3. The molecule has 0 aliphatic heterocycles. The lowest BCUT2D eigenvalue weighted by Crippen LogP contribution is -2.14. The van der Waals surface area contributed by atoms with Crippen molar-refractivity contribution in [2.45, 2.75) is 6.18 Å². The van der Waals surface area contributed by atoms with Crippen LogP contribution < -0.4 is 10.1 Å². The molecule has 2 aromatic carbocycles. The minimum atomic E-state index is -4.53. The van der Waals surface area contributed by atoms with E-state index < -0.39 is 17.6 Å². The van der Waals surface area contributed by atoms with Gasteiger partial charge in [0.15, 0.2) is 0 Å². The Morgan fingerprint density at radius 3 is 2.24 bits per heavy atom. The minimum absolute atomic E-state index is 0.00346. The van der Waals surface area contributed by atoms with Crippen molar-refractivity contribution in [3.05, 3.63) is 80.9 Å². The highest BCUT2D eigenvalue weighted by molar-refractivity contribution is 6.40. The molecule has 4 nitrogen and oxygen atoms in total. The van der Waals surface area contributed by atoms with Crippen molar-refractivity contribution in [3.63, 3.8) is 0 Å². The number of rotatable bonds is 4. The van der Waals surface area contributed by atoms with Crippen molar-refractivity contribution in [3.8, 4) is 11.5 Å². The first-order valence-electron chi connectivity index (χ1n) is 7.91. The van der Waals surface area contributed by atoms with E-state index in [1.807, 2.05) is 0 Å². The van der Waals surface area contributed by atoms with E-state index in [4.69, 9.17) is 39.5 Å². The normalized spacial score (nSPS) is 11.2. The van der Waals surface area contributed by atoms with Crippen LogP contribution in [-0.4, -0.2) is 10.9 Å². The number of amides is 1. The average Bonchev–Trinajstić information content (AvgIpc) is 2.64. The molecule has 1 heterocycles. The SMILES string of the molecule is O=C(Nc1ccc(Oc2cc(C(F)(F)F)ccc2Cl)cn1)c1c(Cl)cccc1Cl. The van der Waals surface area contributed by atoms with Crippen LogP contribution in [0.1, 0.15) is 15.9 Å². The van der Waals surface area contributed by atoms with Crippen LogP contribution in [0.3, 0.4) is 0 Å². The van der Waals surface area contributed by atoms with Gasteiger partial charge in [-0.25, -0.2) is 4.98 Å². The average molecular weight is 462 g/mol. The van der Waals surface area contributed by atoms with Crippen LogP contribution in [-0.2, 0) is 6.18 Å². The maximum atomic E-state index is 12.8. The highest BCUT2D eigenvalue weighted by atomic mass is 35.5. The van der Waals surface area contributed by atoms with Gasteiger partial charge in [0, 0.05) is 0 Å². The van der Waals surface area contributed by atoms with E-state index in [2.05, 4.69) is 10.3 Å². The summed E-state index contributed by atoms with van der Waals surface area (Å²) < 4.78 is 43.9. The van der Waals surface area contributed by atoms with E-state index in [1.165, 1.54) is 30.5 Å². The summed E-state index contributed by atoms with van der Waals surface area (Å²) >= 11 is 17.9. The molecule has 0 bridgehead atoms. The van der Waals surface area contributed by atoms with Gasteiger partial charge in [0.25, 0.3) is 5.91 Å². The maximum Gasteiger partial charge on any atom is 0.416 e. The first-order chi connectivity index (χ1) is 13.6. The van der Waals surface area contributed by atoms with E-state index in [0.29, 0.717) is 0 Å². The van der Waals surface area contributed by atoms with E-state index in [-0.39, 0.29) is 37.9 Å². The highest BCUT2D eigenvalue weighted by Gasteiger charge is 2.31. The Morgan fingerprint density at radius 1 is 0.966 bits per heavy atom. The first-order valence-corrected chi connectivity index (χ1v) is 9.04. The third kappa shape index (κ3) is 5.12. The molecular weight excluding hydrogens is 452 g/mol. The van der Waals surface area contributed by atoms with Gasteiger partial charge in [0.2, 0.25) is 0 Å². The number of benzene rings is 2. The van der Waals surface area contributed by atoms with Crippen molar-refractivity contribution < 1.29 is 22.7 Å². The third-order valence-corrected chi connectivity index (χ3v) is 4.60. The summed E-state index contributed by atoms with van der Waals surface area (Å²) in [6.45, 7) is 0. The fraction of sp³-hybridized carbons (Fsp3) is 0.0526. The Bertz CT molecular complexity index is 1040. The van der Waals surface area contributed by atoms with Gasteiger partial charge in [0.05, 0.1) is 32.4 Å². The topological polar surface area (TPSA) is 51.2 Å². The zero-order valence-corrected chi connectivity index (χ0v) is 16.5. The van der Waals surface area contributed by atoms with Crippen LogP contribution in [0, 0.1) is 0 Å². The van der Waals surface area contributed by atoms with Crippen LogP contribution in [0.4, 0.5) is 19.0 Å². The number of carbonyl (C=O) groups excluding carboxylic acids is 1. The van der Waals surface area contributed by atoms with Crippen LogP contribution >= 0.6 is 34.8 Å². The highest BCUT2D eigenvalue weighted by Crippen LogP contribution is 2.36. The third-order valence-electron chi connectivity index (χ3n) is 3.65. The number of ether oxygens (including phenoxy) is 1. The van der Waals surface area contributed by atoms with Crippen LogP contribution in [0.15, 0.2) is 54.7 Å². The molecule has 0 saturated heterocycles. The molecule has 0 atom stereocenters. The summed E-state index contributed by atoms with van der Waals surface area (Å²) in [7, 11) is 0. The molecule has 0 radical (unpaired) electrons. The predicted octanol–water partition coefficient (Wildman–Crippen LogP) is 7.11. The standard InChI is InChI=1S/C19H10Cl3F3N2O2/c20-12-6-4-10(19(23,24)25)8-15(12)29-11-5-7-16(26-9-11)27-18(28)17-13(21)2-1-3-14(17)22/h1-9H,(H,26,27,28). The molecule has 0 unspecified atom stereocenters. The molecule has 3 rings (SSSR count). The van der Waals surface area contributed by atoms with E-state index in [1.54, 1.807) is 6.07 Å². The van der Waals surface area contributed by atoms with E-state index >= 15 is 0 Å². The smallest absolute Gasteiger partial charge is 0.416 e. The fourth-order valence-electron chi connectivity index (χ4n) is 2.29. The summed E-state index contributed by atoms with van der Waals surface area (Å²) in [4.78, 5) is 16.3. The summed E-state index contributed by atoms with van der Waals surface area (Å²) in [6.07, 6.45) is -3.31. The molecule has 1 N–H and O–H groups in total. The number of carbonyl (C=O) groups is 1. The lowest BCUT2D eigenvalue weighted by molar-refractivity contribution is -0.137. The van der Waals surface area contributed by atoms with Gasteiger partial charge < -0.3 is 10.1 Å². The Morgan fingerprint density at radius 2 is 1.66 bits per heavy atom. The Labute approximate surface area is 178 Å². The molecule has 0 aliphatic carbocycles. The molecule has 10 heteroatoms. The molecule has 0 spiro atoms. The Balaban J connectivity index is 1.75. The van der Waals surface area contributed by atoms with E-state index in [9.17, 15) is 18.0 Å². The molecule has 1 aromatic heterocycles. The second-order valence-corrected chi connectivity index (χ2v) is 6.90. The quantitative estimate of drug-likeness (QED) is 0.450. The van der Waals surface area contributed by atoms with Crippen LogP contribution in [0.5, 0.6) is 11.5 Å². The lowest BCUT2D eigenvalue weighted by atomic mass is 10.2. The summed E-state index contributed by atoms with van der Waals surface area (Å²) in [6, 6.07) is 10.2. The number of anilines is 1. The van der Waals surface area contributed by atoms with Gasteiger partial charge in [-0.15, -0.1) is 0 Å². The molecule has 0 saturated carbocycles. The summed E-state index contributed by atoms with van der Waals surface area (Å²) in [5.41, 5.74) is -0.806. The van der Waals surface area contributed by atoms with Crippen molar-refractivity contribution >= 4 is 46.5 Å². The van der Waals surface area contributed by atoms with Gasteiger partial charge in [-0.3, -0.25) is 4.79 Å². The number of pyridine rings is 1. The zero-order chi connectivity index (χ0) is 21.2. The number of halogens is 6. The number of hydrogen-bond donors (Lipinski definition) is 1. The minimum Gasteiger partial charge on any atom is -0.454 e. The van der Waals surface area contributed by atoms with Gasteiger partial charge >= 0.3 is 6.18 Å². The van der Waals surface area contributed by atoms with Crippen LogP contribution in [0.25, 0.3) is 0 Å². The van der Waals surface area contributed by atoms with E-state index in [0.717, 1.165) is 18.2 Å². The van der Waals surface area contributed by atoms with Gasteiger partial charge in [-0.1, -0.05) is 40.9 Å². The zero-order valence-electron chi connectivity index (χ0n) is 14.2. The number of nitrogens with zero attached hydrogens (tertiary/aromatic N) is 1. The number of hydrogen-bond acceptors (Lipinski definition) is 3. The summed E-state index contributed by atoms with van der Waals surface area (Å²) in [5.74, 6) is -0.459. The molecular formula is C19H10Cl3F3N2O2. The van der Waals surface area contributed by atoms with Gasteiger partial charge in [-0.05, 0) is 42.5 Å². The number of nitrogens with one attached hydrogen (secondary N) is 1. The largest absolute Gasteiger partial charge is 0.454 e. The summed E-state index contributed by atoms with van der Waals surface area (Å²) in [5, 5.41) is 2.88. The van der Waals surface area contributed by atoms with Crippen LogP contribution in [0.2, 0.25) is 15.1 Å². The second kappa shape index (κ2) is 8.49. The molecule has 0 aliphatic rings. The second-order valence-electron chi connectivity index (χ2n) is 5.67. The molecule has 1 amide bonds. The van der Waals surface area contributed by atoms with Gasteiger partial charge in [-0.2, -0.15) is 13.2 Å². The lowest BCUT2D eigenvalue weighted by Gasteiger charge is -2.12. The molecule has 3 aromatic rings. The first kappa shape index (κ1) is 21.2. The number of aromatic nitrogens is 1. The van der Waals surface area contributed by atoms with Gasteiger partial charge in [0.1, 0.15) is 17.3 Å². The molecule has 0 fully saturated rings. The molecule has 29 heavy (non-hydrogen) atoms. The van der Waals surface area contributed by atoms with Crippen molar-refractivity contribution in [1.82, 2.24) is 4.98 Å². The van der Waals surface area contributed by atoms with Crippen molar-refractivity contribution in [1.29, 1.82) is 0 Å².